The molecule has 0 aliphatic carbocycles. The topological polar surface area (TPSA) is 46.4 Å². The maximum atomic E-state index is 10.9. The Kier molecular flexibility index (Phi) is 4.55. The summed E-state index contributed by atoms with van der Waals surface area (Å²) in [6.07, 6.45) is 0. The molecule has 1 heterocycles. The van der Waals surface area contributed by atoms with E-state index in [1.54, 1.807) is 23.5 Å². The number of rotatable bonds is 5. The zero-order chi connectivity index (χ0) is 13.8. The molecule has 100 valence electrons. The molecule has 0 N–H and O–H groups in total. The summed E-state index contributed by atoms with van der Waals surface area (Å²) in [5.74, 6) is 0. The summed E-state index contributed by atoms with van der Waals surface area (Å²) in [4.78, 5) is 13.9. The van der Waals surface area contributed by atoms with Crippen LogP contribution in [-0.2, 0) is 11.9 Å². The zero-order valence-electron chi connectivity index (χ0n) is 10.4. The Balaban J connectivity index is 2.23. The molecule has 6 heteroatoms. The molecule has 19 heavy (non-hydrogen) atoms. The van der Waals surface area contributed by atoms with Crippen LogP contribution in [0.4, 0.5) is 11.4 Å². The fraction of sp³-hybridized carbons (Fsp3) is 0.231. The molecule has 0 unspecified atom stereocenters. The first-order valence-corrected chi connectivity index (χ1v) is 7.68. The van der Waals surface area contributed by atoms with E-state index >= 15 is 0 Å². The number of hydrogen-bond acceptors (Lipinski definition) is 4. The Hall–Kier alpha value is -1.40. The average molecular weight is 341 g/mol. The summed E-state index contributed by atoms with van der Waals surface area (Å²) >= 11 is 5.00. The first-order chi connectivity index (χ1) is 9.11. The SMILES string of the molecule is CN(Cc1cccs1)c1ccc([N+](=O)[O-])c(CBr)c1. The highest BCUT2D eigenvalue weighted by Crippen LogP contribution is 2.27. The third-order valence-electron chi connectivity index (χ3n) is 2.82. The second-order valence-corrected chi connectivity index (χ2v) is 5.73. The minimum absolute atomic E-state index is 0.158. The molecule has 0 saturated heterocycles. The smallest absolute Gasteiger partial charge is 0.273 e. The van der Waals surface area contributed by atoms with Gasteiger partial charge in [-0.2, -0.15) is 0 Å². The molecule has 0 saturated carbocycles. The van der Waals surface area contributed by atoms with Crippen LogP contribution in [0, 0.1) is 10.1 Å². The van der Waals surface area contributed by atoms with Gasteiger partial charge in [0.2, 0.25) is 0 Å². The van der Waals surface area contributed by atoms with Crippen LogP contribution in [0.5, 0.6) is 0 Å². The summed E-state index contributed by atoms with van der Waals surface area (Å²) in [6, 6.07) is 9.32. The number of hydrogen-bond donors (Lipinski definition) is 0. The van der Waals surface area contributed by atoms with Gasteiger partial charge in [-0.1, -0.05) is 22.0 Å². The summed E-state index contributed by atoms with van der Waals surface area (Å²) in [7, 11) is 1.99. The summed E-state index contributed by atoms with van der Waals surface area (Å²) in [5, 5.41) is 13.4. The van der Waals surface area contributed by atoms with Gasteiger partial charge in [0, 0.05) is 34.6 Å². The number of nitrogens with zero attached hydrogens (tertiary/aromatic N) is 2. The molecule has 0 fully saturated rings. The number of thiophene rings is 1. The van der Waals surface area contributed by atoms with E-state index in [0.29, 0.717) is 10.9 Å². The molecule has 1 aromatic carbocycles. The van der Waals surface area contributed by atoms with Gasteiger partial charge in [-0.25, -0.2) is 0 Å². The van der Waals surface area contributed by atoms with E-state index in [4.69, 9.17) is 0 Å². The lowest BCUT2D eigenvalue weighted by molar-refractivity contribution is -0.385. The van der Waals surface area contributed by atoms with Crippen molar-refractivity contribution in [2.24, 2.45) is 0 Å². The Morgan fingerprint density at radius 3 is 2.79 bits per heavy atom. The van der Waals surface area contributed by atoms with Crippen LogP contribution in [0.3, 0.4) is 0 Å². The minimum Gasteiger partial charge on any atom is -0.369 e. The molecule has 2 rings (SSSR count). The normalized spacial score (nSPS) is 10.4. The van der Waals surface area contributed by atoms with Gasteiger partial charge in [0.05, 0.1) is 11.5 Å². The van der Waals surface area contributed by atoms with E-state index in [9.17, 15) is 10.1 Å². The van der Waals surface area contributed by atoms with Crippen molar-refractivity contribution in [2.45, 2.75) is 11.9 Å². The number of halogens is 1. The van der Waals surface area contributed by atoms with Crippen molar-refractivity contribution in [3.05, 3.63) is 56.3 Å². The third-order valence-corrected chi connectivity index (χ3v) is 4.28. The highest BCUT2D eigenvalue weighted by molar-refractivity contribution is 9.08. The molecule has 0 aliphatic heterocycles. The lowest BCUT2D eigenvalue weighted by Crippen LogP contribution is -2.15. The molecule has 0 bridgehead atoms. The summed E-state index contributed by atoms with van der Waals surface area (Å²) in [5.41, 5.74) is 1.83. The van der Waals surface area contributed by atoms with Gasteiger partial charge in [0.1, 0.15) is 0 Å². The summed E-state index contributed by atoms with van der Waals surface area (Å²) in [6.45, 7) is 0.803. The predicted octanol–water partition coefficient (Wildman–Crippen LogP) is 4.19. The van der Waals surface area contributed by atoms with Gasteiger partial charge in [0.15, 0.2) is 0 Å². The average Bonchev–Trinajstić information content (AvgIpc) is 2.90. The maximum absolute atomic E-state index is 10.9. The van der Waals surface area contributed by atoms with Gasteiger partial charge in [-0.3, -0.25) is 10.1 Å². The number of nitro groups is 1. The van der Waals surface area contributed by atoms with Crippen molar-refractivity contribution in [3.63, 3.8) is 0 Å². The van der Waals surface area contributed by atoms with Crippen LogP contribution < -0.4 is 4.90 Å². The first kappa shape index (κ1) is 14.0. The van der Waals surface area contributed by atoms with Crippen LogP contribution >= 0.6 is 27.3 Å². The van der Waals surface area contributed by atoms with Crippen molar-refractivity contribution in [3.8, 4) is 0 Å². The number of anilines is 1. The summed E-state index contributed by atoms with van der Waals surface area (Å²) < 4.78 is 0. The van der Waals surface area contributed by atoms with Crippen molar-refractivity contribution in [2.75, 3.05) is 11.9 Å². The van der Waals surface area contributed by atoms with Crippen molar-refractivity contribution < 1.29 is 4.92 Å². The van der Waals surface area contributed by atoms with Crippen molar-refractivity contribution in [1.82, 2.24) is 0 Å². The van der Waals surface area contributed by atoms with E-state index in [2.05, 4.69) is 26.9 Å². The molecular weight excluding hydrogens is 328 g/mol. The predicted molar refractivity (Wildman–Crippen MR) is 82.2 cm³/mol. The van der Waals surface area contributed by atoms with Crippen LogP contribution in [0.1, 0.15) is 10.4 Å². The quantitative estimate of drug-likeness (QED) is 0.465. The standard InChI is InChI=1S/C13H13BrN2O2S/c1-15(9-12-3-2-6-19-12)11-4-5-13(16(17)18)10(7-11)8-14/h2-7H,8-9H2,1H3. The van der Waals surface area contributed by atoms with Gasteiger partial charge in [-0.05, 0) is 23.6 Å². The van der Waals surface area contributed by atoms with Gasteiger partial charge in [0.25, 0.3) is 5.69 Å². The Morgan fingerprint density at radius 2 is 2.21 bits per heavy atom. The van der Waals surface area contributed by atoms with E-state index in [1.807, 2.05) is 24.6 Å². The van der Waals surface area contributed by atoms with E-state index < -0.39 is 0 Å². The van der Waals surface area contributed by atoms with E-state index in [0.717, 1.165) is 12.2 Å². The molecule has 0 amide bonds. The monoisotopic (exact) mass is 340 g/mol. The van der Waals surface area contributed by atoms with Crippen molar-refractivity contribution >= 4 is 38.6 Å². The lowest BCUT2D eigenvalue weighted by Gasteiger charge is -2.19. The fourth-order valence-electron chi connectivity index (χ4n) is 1.82. The van der Waals surface area contributed by atoms with E-state index in [-0.39, 0.29) is 10.6 Å². The van der Waals surface area contributed by atoms with Gasteiger partial charge in [-0.15, -0.1) is 11.3 Å². The zero-order valence-corrected chi connectivity index (χ0v) is 12.8. The Bertz CT molecular complexity index is 572. The maximum Gasteiger partial charge on any atom is 0.273 e. The third kappa shape index (κ3) is 3.33. The second-order valence-electron chi connectivity index (χ2n) is 4.14. The van der Waals surface area contributed by atoms with Crippen LogP contribution in [0.15, 0.2) is 35.7 Å². The Morgan fingerprint density at radius 1 is 1.42 bits per heavy atom. The molecule has 0 atom stereocenters. The molecule has 1 aromatic heterocycles. The molecule has 0 spiro atoms. The number of benzene rings is 1. The number of nitro benzene ring substituents is 1. The highest BCUT2D eigenvalue weighted by Gasteiger charge is 2.14. The molecule has 4 nitrogen and oxygen atoms in total. The van der Waals surface area contributed by atoms with Gasteiger partial charge >= 0.3 is 0 Å². The second kappa shape index (κ2) is 6.16. The fourth-order valence-corrected chi connectivity index (χ4v) is 3.03. The molecular formula is C13H13BrN2O2S. The number of alkyl halides is 1. The van der Waals surface area contributed by atoms with Crippen LogP contribution in [0.25, 0.3) is 0 Å². The molecule has 0 radical (unpaired) electrons. The van der Waals surface area contributed by atoms with Gasteiger partial charge < -0.3 is 4.90 Å². The van der Waals surface area contributed by atoms with Crippen LogP contribution in [-0.4, -0.2) is 12.0 Å². The molecule has 0 aliphatic rings. The molecule has 2 aromatic rings. The van der Waals surface area contributed by atoms with Crippen molar-refractivity contribution in [1.29, 1.82) is 0 Å². The first-order valence-electron chi connectivity index (χ1n) is 5.68. The Labute approximate surface area is 124 Å². The largest absolute Gasteiger partial charge is 0.369 e. The van der Waals surface area contributed by atoms with Crippen LogP contribution in [0.2, 0.25) is 0 Å². The highest BCUT2D eigenvalue weighted by atomic mass is 79.9. The lowest BCUT2D eigenvalue weighted by atomic mass is 10.1. The van der Waals surface area contributed by atoms with E-state index in [1.165, 1.54) is 4.88 Å². The minimum atomic E-state index is -0.348.